The number of thioether (sulfide) groups is 1. The average molecular weight is 359 g/mol. The molecule has 1 amide bonds. The van der Waals surface area contributed by atoms with Crippen molar-refractivity contribution >= 4 is 23.4 Å². The predicted octanol–water partition coefficient (Wildman–Crippen LogP) is 4.91. The lowest BCUT2D eigenvalue weighted by Crippen LogP contribution is -2.20. The Morgan fingerprint density at radius 2 is 1.92 bits per heavy atom. The number of aryl methyl sites for hydroxylation is 1. The van der Waals surface area contributed by atoms with E-state index in [9.17, 15) is 4.79 Å². The van der Waals surface area contributed by atoms with Crippen LogP contribution in [0.15, 0.2) is 47.4 Å². The van der Waals surface area contributed by atoms with Gasteiger partial charge in [0.05, 0.1) is 7.11 Å². The van der Waals surface area contributed by atoms with Gasteiger partial charge in [-0.3, -0.25) is 4.79 Å². The molecule has 0 aromatic heterocycles. The fraction of sp³-hybridized carbons (Fsp3) is 0.350. The summed E-state index contributed by atoms with van der Waals surface area (Å²) >= 11 is 1.85. The zero-order valence-corrected chi connectivity index (χ0v) is 16.0. The minimum absolute atomic E-state index is 0.0663. The number of anilines is 1. The molecule has 2 rings (SSSR count). The van der Waals surface area contributed by atoms with Crippen molar-refractivity contribution in [2.75, 3.05) is 19.0 Å². The summed E-state index contributed by atoms with van der Waals surface area (Å²) in [6.07, 6.45) is 1.13. The van der Waals surface area contributed by atoms with Crippen molar-refractivity contribution in [2.45, 2.75) is 37.3 Å². The van der Waals surface area contributed by atoms with E-state index in [0.29, 0.717) is 16.7 Å². The molecule has 4 nitrogen and oxygen atoms in total. The van der Waals surface area contributed by atoms with Crippen molar-refractivity contribution in [2.24, 2.45) is 0 Å². The molecule has 0 spiro atoms. The highest BCUT2D eigenvalue weighted by atomic mass is 32.2. The van der Waals surface area contributed by atoms with Crippen LogP contribution in [-0.4, -0.2) is 24.9 Å². The van der Waals surface area contributed by atoms with Crippen LogP contribution in [0, 0.1) is 6.92 Å². The highest BCUT2D eigenvalue weighted by molar-refractivity contribution is 7.99. The molecule has 2 aromatic rings. The second-order valence-electron chi connectivity index (χ2n) is 5.80. The largest absolute Gasteiger partial charge is 0.493 e. The van der Waals surface area contributed by atoms with Gasteiger partial charge in [-0.1, -0.05) is 26.0 Å². The van der Waals surface area contributed by atoms with Crippen molar-refractivity contribution in [1.82, 2.24) is 0 Å². The molecule has 2 aromatic carbocycles. The van der Waals surface area contributed by atoms with Gasteiger partial charge in [0.2, 0.25) is 0 Å². The Morgan fingerprint density at radius 1 is 1.20 bits per heavy atom. The van der Waals surface area contributed by atoms with Gasteiger partial charge < -0.3 is 14.8 Å². The molecule has 1 unspecified atom stereocenters. The van der Waals surface area contributed by atoms with E-state index in [1.165, 1.54) is 4.90 Å². The minimum Gasteiger partial charge on any atom is -0.493 e. The highest BCUT2D eigenvalue weighted by Gasteiger charge is 2.10. The molecule has 0 saturated heterocycles. The number of ether oxygens (including phenoxy) is 2. The Hall–Kier alpha value is -2.14. The number of amides is 1. The van der Waals surface area contributed by atoms with E-state index < -0.39 is 0 Å². The molecule has 0 bridgehead atoms. The van der Waals surface area contributed by atoms with Gasteiger partial charge in [0.1, 0.15) is 0 Å². The Balaban J connectivity index is 1.94. The van der Waals surface area contributed by atoms with Crippen LogP contribution in [0.4, 0.5) is 5.69 Å². The van der Waals surface area contributed by atoms with Gasteiger partial charge in [-0.25, -0.2) is 0 Å². The van der Waals surface area contributed by atoms with Gasteiger partial charge >= 0.3 is 0 Å². The van der Waals surface area contributed by atoms with Crippen molar-refractivity contribution in [1.29, 1.82) is 0 Å². The lowest BCUT2D eigenvalue weighted by molar-refractivity contribution is -0.118. The molecule has 0 radical (unpaired) electrons. The van der Waals surface area contributed by atoms with Crippen LogP contribution in [0.2, 0.25) is 0 Å². The van der Waals surface area contributed by atoms with E-state index in [2.05, 4.69) is 25.2 Å². The zero-order chi connectivity index (χ0) is 18.2. The predicted molar refractivity (Wildman–Crippen MR) is 104 cm³/mol. The van der Waals surface area contributed by atoms with Crippen molar-refractivity contribution in [3.8, 4) is 11.5 Å². The molecular formula is C20H25NO3S. The topological polar surface area (TPSA) is 47.6 Å². The monoisotopic (exact) mass is 359 g/mol. The maximum atomic E-state index is 12.2. The molecule has 0 fully saturated rings. The number of nitrogens with one attached hydrogen (secondary N) is 1. The van der Waals surface area contributed by atoms with Gasteiger partial charge in [-0.2, -0.15) is 0 Å². The normalized spacial score (nSPS) is 11.7. The van der Waals surface area contributed by atoms with E-state index in [1.807, 2.05) is 43.0 Å². The summed E-state index contributed by atoms with van der Waals surface area (Å²) in [5.74, 6) is 0.964. The number of hydrogen-bond acceptors (Lipinski definition) is 4. The van der Waals surface area contributed by atoms with E-state index in [4.69, 9.17) is 9.47 Å². The van der Waals surface area contributed by atoms with Crippen LogP contribution in [0.3, 0.4) is 0 Å². The fourth-order valence-corrected chi connectivity index (χ4v) is 3.26. The molecule has 1 atom stereocenters. The Labute approximate surface area is 153 Å². The van der Waals surface area contributed by atoms with Gasteiger partial charge in [0, 0.05) is 15.8 Å². The quantitative estimate of drug-likeness (QED) is 0.680. The smallest absolute Gasteiger partial charge is 0.262 e. The van der Waals surface area contributed by atoms with Crippen molar-refractivity contribution in [3.63, 3.8) is 0 Å². The number of methoxy groups -OCH3 is 1. The molecule has 0 aliphatic heterocycles. The van der Waals surface area contributed by atoms with Crippen LogP contribution in [0.1, 0.15) is 25.8 Å². The number of hydrogen-bond donors (Lipinski definition) is 1. The summed E-state index contributed by atoms with van der Waals surface area (Å²) in [6, 6.07) is 13.4. The maximum absolute atomic E-state index is 12.2. The van der Waals surface area contributed by atoms with Crippen LogP contribution in [0.5, 0.6) is 11.5 Å². The molecule has 0 aliphatic rings. The minimum atomic E-state index is -0.198. The molecule has 1 N–H and O–H groups in total. The average Bonchev–Trinajstić information content (AvgIpc) is 2.62. The second-order valence-corrected chi connectivity index (χ2v) is 7.31. The number of carbonyl (C=O) groups is 1. The summed E-state index contributed by atoms with van der Waals surface area (Å²) in [4.78, 5) is 13.4. The number of para-hydroxylation sites is 2. The van der Waals surface area contributed by atoms with Gasteiger partial charge in [-0.05, 0) is 49.2 Å². The first-order chi connectivity index (χ1) is 12.0. The third-order valence-electron chi connectivity index (χ3n) is 3.81. The van der Waals surface area contributed by atoms with Crippen molar-refractivity contribution in [3.05, 3.63) is 48.0 Å². The second kappa shape index (κ2) is 9.37. The van der Waals surface area contributed by atoms with Gasteiger partial charge in [0.25, 0.3) is 5.91 Å². The van der Waals surface area contributed by atoms with Crippen LogP contribution < -0.4 is 14.8 Å². The third-order valence-corrected chi connectivity index (χ3v) is 5.07. The van der Waals surface area contributed by atoms with Gasteiger partial charge in [0.15, 0.2) is 18.1 Å². The number of carbonyl (C=O) groups excluding carboxylic acids is 1. The summed E-state index contributed by atoms with van der Waals surface area (Å²) in [5, 5.41) is 3.48. The molecular weight excluding hydrogens is 334 g/mol. The number of rotatable bonds is 8. The van der Waals surface area contributed by atoms with E-state index in [1.54, 1.807) is 19.2 Å². The molecule has 0 aliphatic carbocycles. The summed E-state index contributed by atoms with van der Waals surface area (Å²) in [6.45, 7) is 6.33. The first-order valence-electron chi connectivity index (χ1n) is 8.36. The Kier molecular flexibility index (Phi) is 7.19. The lowest BCUT2D eigenvalue weighted by Gasteiger charge is -2.13. The molecule has 0 heterocycles. The Morgan fingerprint density at radius 3 is 2.56 bits per heavy atom. The van der Waals surface area contributed by atoms with Crippen LogP contribution in [-0.2, 0) is 4.79 Å². The summed E-state index contributed by atoms with van der Waals surface area (Å²) < 4.78 is 10.8. The summed E-state index contributed by atoms with van der Waals surface area (Å²) in [7, 11) is 1.57. The Bertz CT molecular complexity index is 718. The SMILES string of the molecule is CCC(C)Sc1ccc(NC(=O)COc2ccccc2OC)c(C)c1. The fourth-order valence-electron chi connectivity index (χ4n) is 2.23. The lowest BCUT2D eigenvalue weighted by atomic mass is 10.2. The van der Waals surface area contributed by atoms with Crippen LogP contribution in [0.25, 0.3) is 0 Å². The maximum Gasteiger partial charge on any atom is 0.262 e. The van der Waals surface area contributed by atoms with Gasteiger partial charge in [-0.15, -0.1) is 11.8 Å². The van der Waals surface area contributed by atoms with Crippen molar-refractivity contribution < 1.29 is 14.3 Å². The molecule has 134 valence electrons. The van der Waals surface area contributed by atoms with E-state index in [-0.39, 0.29) is 12.5 Å². The summed E-state index contributed by atoms with van der Waals surface area (Å²) in [5.41, 5.74) is 1.85. The molecule has 5 heteroatoms. The van der Waals surface area contributed by atoms with E-state index >= 15 is 0 Å². The molecule has 25 heavy (non-hydrogen) atoms. The number of benzene rings is 2. The first kappa shape index (κ1) is 19.2. The standard InChI is InChI=1S/C20H25NO3S/c1-5-15(3)25-16-10-11-17(14(2)12-16)21-20(22)13-24-19-9-7-6-8-18(19)23-4/h6-12,15H,5,13H2,1-4H3,(H,21,22). The first-order valence-corrected chi connectivity index (χ1v) is 9.24. The van der Waals surface area contributed by atoms with Crippen LogP contribution >= 0.6 is 11.8 Å². The van der Waals surface area contributed by atoms with E-state index in [0.717, 1.165) is 17.7 Å². The third kappa shape index (κ3) is 5.71. The zero-order valence-electron chi connectivity index (χ0n) is 15.2. The molecule has 0 saturated carbocycles. The highest BCUT2D eigenvalue weighted by Crippen LogP contribution is 2.29.